The van der Waals surface area contributed by atoms with Gasteiger partial charge in [0.15, 0.2) is 17.4 Å². The molecule has 174 valence electrons. The van der Waals surface area contributed by atoms with Gasteiger partial charge < -0.3 is 14.0 Å². The fraction of sp³-hybridized carbons (Fsp3) is 0.565. The molecule has 0 amide bonds. The lowest BCUT2D eigenvalue weighted by Crippen LogP contribution is -2.24. The Bertz CT molecular complexity index is 1200. The molecule has 0 atom stereocenters. The lowest BCUT2D eigenvalue weighted by Gasteiger charge is -2.26. The average Bonchev–Trinajstić information content (AvgIpc) is 3.48. The Morgan fingerprint density at radius 1 is 1.12 bits per heavy atom. The van der Waals surface area contributed by atoms with Crippen molar-refractivity contribution in [2.45, 2.75) is 77.2 Å². The van der Waals surface area contributed by atoms with Gasteiger partial charge in [0.05, 0.1) is 24.7 Å². The lowest BCUT2D eigenvalue weighted by molar-refractivity contribution is 0.135. The largest absolute Gasteiger partial charge is 0.484 e. The molecule has 4 heterocycles. The molecule has 0 radical (unpaired) electrons. The van der Waals surface area contributed by atoms with E-state index in [9.17, 15) is 0 Å². The molecule has 0 bridgehead atoms. The van der Waals surface area contributed by atoms with E-state index in [1.807, 2.05) is 11.6 Å². The highest BCUT2D eigenvalue weighted by molar-refractivity contribution is 5.85. The molecular formula is C23H29N7O3. The number of nitrogens with zero attached hydrogens (tertiary/aromatic N) is 7. The number of allylic oxidation sites excluding steroid dienone is 2. The number of hydrogen-bond acceptors (Lipinski definition) is 9. The number of methoxy groups -OCH3 is 1. The second-order valence-corrected chi connectivity index (χ2v) is 8.95. The Morgan fingerprint density at radius 2 is 1.94 bits per heavy atom. The number of aliphatic imine (C=N–C) groups is 1. The highest BCUT2D eigenvalue weighted by Crippen LogP contribution is 2.35. The molecule has 2 aliphatic rings. The molecule has 5 rings (SSSR count). The fourth-order valence-electron chi connectivity index (χ4n) is 4.47. The van der Waals surface area contributed by atoms with E-state index >= 15 is 0 Å². The minimum absolute atomic E-state index is 0.0830. The van der Waals surface area contributed by atoms with Crippen LogP contribution >= 0.6 is 0 Å². The van der Waals surface area contributed by atoms with E-state index < -0.39 is 0 Å². The monoisotopic (exact) mass is 451 g/mol. The van der Waals surface area contributed by atoms with Crippen molar-refractivity contribution in [1.29, 1.82) is 0 Å². The van der Waals surface area contributed by atoms with Gasteiger partial charge in [-0.05, 0) is 32.6 Å². The van der Waals surface area contributed by atoms with E-state index in [-0.39, 0.29) is 17.9 Å². The van der Waals surface area contributed by atoms with E-state index in [2.05, 4.69) is 44.0 Å². The zero-order chi connectivity index (χ0) is 22.9. The van der Waals surface area contributed by atoms with E-state index in [0.717, 1.165) is 78.6 Å². The van der Waals surface area contributed by atoms with Crippen LogP contribution in [0.4, 0.5) is 0 Å². The second kappa shape index (κ2) is 8.92. The van der Waals surface area contributed by atoms with Crippen LogP contribution in [0.2, 0.25) is 0 Å². The summed E-state index contributed by atoms with van der Waals surface area (Å²) in [6.45, 7) is 6.10. The first-order chi connectivity index (χ1) is 16.0. The molecule has 0 unspecified atom stereocenters. The van der Waals surface area contributed by atoms with Gasteiger partial charge in [0.25, 0.3) is 0 Å². The Labute approximate surface area is 192 Å². The van der Waals surface area contributed by atoms with Gasteiger partial charge in [-0.15, -0.1) is 0 Å². The quantitative estimate of drug-likeness (QED) is 0.558. The zero-order valence-corrected chi connectivity index (χ0v) is 19.5. The number of rotatable bonds is 5. The maximum Gasteiger partial charge on any atom is 0.229 e. The summed E-state index contributed by atoms with van der Waals surface area (Å²) in [5, 5.41) is 9.49. The van der Waals surface area contributed by atoms with Crippen molar-refractivity contribution in [3.8, 4) is 5.88 Å². The van der Waals surface area contributed by atoms with Crippen molar-refractivity contribution >= 4 is 22.6 Å². The highest BCUT2D eigenvalue weighted by atomic mass is 16.5. The molecule has 1 aliphatic heterocycles. The van der Waals surface area contributed by atoms with Crippen LogP contribution in [-0.4, -0.2) is 49.0 Å². The second-order valence-electron chi connectivity index (χ2n) is 8.95. The molecule has 3 aromatic rings. The van der Waals surface area contributed by atoms with Crippen molar-refractivity contribution in [1.82, 2.24) is 29.9 Å². The van der Waals surface area contributed by atoms with Gasteiger partial charge >= 0.3 is 0 Å². The molecule has 10 heteroatoms. The summed E-state index contributed by atoms with van der Waals surface area (Å²) < 4.78 is 19.0. The predicted octanol–water partition coefficient (Wildman–Crippen LogP) is 4.47. The van der Waals surface area contributed by atoms with Crippen molar-refractivity contribution in [3.05, 3.63) is 29.9 Å². The molecule has 3 aromatic heterocycles. The molecule has 1 saturated carbocycles. The number of fused-ring (bicyclic) bond motifs is 1. The number of hydrogen-bond donors (Lipinski definition) is 0. The first-order valence-electron chi connectivity index (χ1n) is 11.5. The van der Waals surface area contributed by atoms with E-state index in [1.165, 1.54) is 6.33 Å². The Balaban J connectivity index is 1.30. The van der Waals surface area contributed by atoms with Crippen LogP contribution in [0.15, 0.2) is 27.7 Å². The molecule has 0 saturated heterocycles. The summed E-state index contributed by atoms with van der Waals surface area (Å²) >= 11 is 0. The first kappa shape index (κ1) is 21.5. The van der Waals surface area contributed by atoms with Crippen LogP contribution < -0.4 is 4.74 Å². The Kier molecular flexibility index (Phi) is 5.82. The minimum Gasteiger partial charge on any atom is -0.484 e. The maximum atomic E-state index is 6.32. The summed E-state index contributed by atoms with van der Waals surface area (Å²) in [6.07, 6.45) is 8.63. The molecule has 33 heavy (non-hydrogen) atoms. The molecule has 1 fully saturated rings. The minimum atomic E-state index is 0.0830. The third-order valence-corrected chi connectivity index (χ3v) is 6.38. The lowest BCUT2D eigenvalue weighted by atomic mass is 9.87. The third kappa shape index (κ3) is 4.21. The average molecular weight is 452 g/mol. The predicted molar refractivity (Wildman–Crippen MR) is 122 cm³/mol. The van der Waals surface area contributed by atoms with E-state index in [1.54, 1.807) is 13.3 Å². The van der Waals surface area contributed by atoms with Crippen LogP contribution in [0.3, 0.4) is 0 Å². The van der Waals surface area contributed by atoms with Crippen LogP contribution in [0.5, 0.6) is 5.88 Å². The van der Waals surface area contributed by atoms with Gasteiger partial charge in [-0.2, -0.15) is 10.1 Å². The van der Waals surface area contributed by atoms with Crippen LogP contribution in [0.1, 0.15) is 82.8 Å². The van der Waals surface area contributed by atoms with Gasteiger partial charge in [-0.25, -0.2) is 19.6 Å². The summed E-state index contributed by atoms with van der Waals surface area (Å²) in [6, 6.07) is 0. The van der Waals surface area contributed by atoms with Gasteiger partial charge in [0, 0.05) is 24.7 Å². The van der Waals surface area contributed by atoms with Crippen molar-refractivity contribution in [2.75, 3.05) is 7.11 Å². The van der Waals surface area contributed by atoms with E-state index in [0.29, 0.717) is 5.88 Å². The van der Waals surface area contributed by atoms with Crippen LogP contribution in [0.25, 0.3) is 16.7 Å². The fourth-order valence-corrected chi connectivity index (χ4v) is 4.47. The summed E-state index contributed by atoms with van der Waals surface area (Å²) in [7, 11) is 1.65. The van der Waals surface area contributed by atoms with Gasteiger partial charge in [-0.1, -0.05) is 19.0 Å². The highest BCUT2D eigenvalue weighted by Gasteiger charge is 2.29. The first-order valence-corrected chi connectivity index (χ1v) is 11.5. The van der Waals surface area contributed by atoms with Gasteiger partial charge in [0.1, 0.15) is 17.8 Å². The zero-order valence-electron chi connectivity index (χ0n) is 19.5. The van der Waals surface area contributed by atoms with Crippen LogP contribution in [-0.2, 0) is 4.74 Å². The standard InChI is InChI=1S/C23H29N7O3/c1-13(2)20-28-22(33-29-20)15-5-7-16(8-6-15)32-23-17-11-26-30(21(17)24-12-25-23)18-9-10-19(31-4)27-14(18)3/h11-13,15-16H,5-10H2,1-4H3. The van der Waals surface area contributed by atoms with Crippen LogP contribution in [0, 0.1) is 0 Å². The van der Waals surface area contributed by atoms with Crippen molar-refractivity contribution in [3.63, 3.8) is 0 Å². The van der Waals surface area contributed by atoms with E-state index in [4.69, 9.17) is 14.0 Å². The number of aromatic nitrogens is 6. The molecule has 1 aliphatic carbocycles. The van der Waals surface area contributed by atoms with Crippen molar-refractivity contribution < 1.29 is 14.0 Å². The Morgan fingerprint density at radius 3 is 2.64 bits per heavy atom. The molecular weight excluding hydrogens is 422 g/mol. The molecule has 0 aromatic carbocycles. The third-order valence-electron chi connectivity index (χ3n) is 6.38. The SMILES string of the molecule is COC1=NC(C)=C(n2ncc3c(OC4CCC(c5nc(C(C)C)no5)CC4)ncnc32)CC1. The summed E-state index contributed by atoms with van der Waals surface area (Å²) in [4.78, 5) is 18.0. The molecule has 10 nitrogen and oxygen atoms in total. The summed E-state index contributed by atoms with van der Waals surface area (Å²) in [5.41, 5.74) is 2.62. The molecule has 0 N–H and O–H groups in total. The van der Waals surface area contributed by atoms with Gasteiger partial charge in [-0.3, -0.25) is 0 Å². The smallest absolute Gasteiger partial charge is 0.229 e. The van der Waals surface area contributed by atoms with Gasteiger partial charge in [0.2, 0.25) is 11.8 Å². The maximum absolute atomic E-state index is 6.32. The topological polar surface area (TPSA) is 113 Å². The van der Waals surface area contributed by atoms with Crippen molar-refractivity contribution in [2.24, 2.45) is 4.99 Å². The summed E-state index contributed by atoms with van der Waals surface area (Å²) in [5.74, 6) is 3.39. The number of ether oxygens (including phenoxy) is 2. The Hall–Kier alpha value is -3.30. The normalized spacial score (nSPS) is 21.5. The molecule has 0 spiro atoms.